The van der Waals surface area contributed by atoms with Crippen LogP contribution < -0.4 is 0 Å². The predicted molar refractivity (Wildman–Crippen MR) is 149 cm³/mol. The van der Waals surface area contributed by atoms with Gasteiger partial charge in [-0.15, -0.1) is 0 Å². The van der Waals surface area contributed by atoms with Gasteiger partial charge in [-0.1, -0.05) is 11.1 Å². The fraction of sp³-hybridized carbons (Fsp3) is 0.655. The Labute approximate surface area is 249 Å². The van der Waals surface area contributed by atoms with Crippen molar-refractivity contribution in [3.63, 3.8) is 0 Å². The van der Waals surface area contributed by atoms with Crippen LogP contribution in [0.1, 0.15) is 58.8 Å². The summed E-state index contributed by atoms with van der Waals surface area (Å²) in [6.07, 6.45) is 4.90. The number of morpholine rings is 2. The molecular weight excluding hydrogens is 564 g/mol. The maximum absolute atomic E-state index is 12.1. The van der Waals surface area contributed by atoms with Crippen molar-refractivity contribution in [2.45, 2.75) is 70.9 Å². The molecular formula is C29H40N4O10. The number of carbonyl (C=O) groups excluding carboxylic acids is 4. The van der Waals surface area contributed by atoms with Crippen LogP contribution in [0.4, 0.5) is 0 Å². The van der Waals surface area contributed by atoms with Gasteiger partial charge in [-0.05, 0) is 58.8 Å². The van der Waals surface area contributed by atoms with Crippen LogP contribution in [0.3, 0.4) is 0 Å². The number of ether oxygens (including phenoxy) is 2. The van der Waals surface area contributed by atoms with Gasteiger partial charge >= 0.3 is 35.8 Å². The van der Waals surface area contributed by atoms with Crippen LogP contribution in [0.5, 0.6) is 0 Å². The van der Waals surface area contributed by atoms with Crippen LogP contribution in [0.2, 0.25) is 0 Å². The zero-order valence-electron chi connectivity index (χ0n) is 24.7. The summed E-state index contributed by atoms with van der Waals surface area (Å²) in [5, 5.41) is 19.6. The molecule has 2 heterocycles. The first-order valence-electron chi connectivity index (χ1n) is 14.7. The van der Waals surface area contributed by atoms with Crippen LogP contribution in [0.25, 0.3) is 0 Å². The number of allylic oxidation sites excluding steroid dienone is 2. The van der Waals surface area contributed by atoms with Crippen LogP contribution in [-0.4, -0.2) is 130 Å². The number of carboxylic acids is 2. The molecule has 0 amide bonds. The normalized spacial score (nSPS) is 23.7. The molecule has 4 rings (SSSR count). The van der Waals surface area contributed by atoms with Crippen LogP contribution in [-0.2, 0) is 38.2 Å². The molecule has 2 saturated heterocycles. The van der Waals surface area contributed by atoms with E-state index >= 15 is 0 Å². The highest BCUT2D eigenvalue weighted by molar-refractivity contribution is 5.91. The van der Waals surface area contributed by atoms with Crippen molar-refractivity contribution >= 4 is 35.8 Å². The topological polar surface area (TPSA) is 174 Å². The van der Waals surface area contributed by atoms with Crippen molar-refractivity contribution in [1.82, 2.24) is 19.6 Å². The van der Waals surface area contributed by atoms with Crippen LogP contribution in [0.15, 0.2) is 22.5 Å². The second-order valence-corrected chi connectivity index (χ2v) is 11.6. The molecule has 2 aliphatic carbocycles. The first kappa shape index (κ1) is 32.1. The van der Waals surface area contributed by atoms with E-state index in [9.17, 15) is 39.0 Å². The Kier molecular flexibility index (Phi) is 10.6. The lowest BCUT2D eigenvalue weighted by molar-refractivity contribution is -0.167. The standard InChI is InChI=1S/C29H40N4O10/c1-18-6-3-8-20(28(18)32-14-24(38)42-25(39)15-32)30(12-22(34)35)10-5-11-31(13-23(36)37)21-9-4-7-19(2)29(21)33-16-26(40)43-27(41)17-33/h20-21H,3-17H2,1-2H3,(H,34,35)(H,36,37). The lowest BCUT2D eigenvalue weighted by atomic mass is 9.90. The number of nitrogens with zero attached hydrogens (tertiary/aromatic N) is 4. The summed E-state index contributed by atoms with van der Waals surface area (Å²) in [6, 6.07) is -0.677. The monoisotopic (exact) mass is 604 g/mol. The van der Waals surface area contributed by atoms with Gasteiger partial charge in [-0.3, -0.25) is 19.4 Å². The Bertz CT molecular complexity index is 1100. The van der Waals surface area contributed by atoms with Crippen molar-refractivity contribution in [2.24, 2.45) is 0 Å². The zero-order chi connectivity index (χ0) is 31.3. The molecule has 0 radical (unpaired) electrons. The third kappa shape index (κ3) is 8.20. The van der Waals surface area contributed by atoms with Gasteiger partial charge in [0.2, 0.25) is 0 Å². The van der Waals surface area contributed by atoms with Gasteiger partial charge in [0.1, 0.15) is 26.2 Å². The van der Waals surface area contributed by atoms with Crippen LogP contribution >= 0.6 is 0 Å². The molecule has 2 fully saturated rings. The Morgan fingerprint density at radius 3 is 1.37 bits per heavy atom. The molecule has 0 bridgehead atoms. The molecule has 0 aromatic rings. The van der Waals surface area contributed by atoms with E-state index in [1.54, 1.807) is 9.80 Å². The summed E-state index contributed by atoms with van der Waals surface area (Å²) in [6.45, 7) is 3.62. The molecule has 43 heavy (non-hydrogen) atoms. The summed E-state index contributed by atoms with van der Waals surface area (Å²) >= 11 is 0. The summed E-state index contributed by atoms with van der Waals surface area (Å²) in [4.78, 5) is 79.1. The SMILES string of the molecule is CC1=C(N2CC(=O)OC(=O)C2)C(N(CCCN(CC(=O)O)C2CCCC(C)=C2N2CC(=O)OC(=O)C2)CC(=O)O)CCC1. The Morgan fingerprint density at radius 1 is 0.698 bits per heavy atom. The maximum atomic E-state index is 12.1. The molecule has 0 aromatic heterocycles. The smallest absolute Gasteiger partial charge is 0.333 e. The first-order valence-corrected chi connectivity index (χ1v) is 14.7. The predicted octanol–water partition coefficient (Wildman–Crippen LogP) is 0.574. The molecule has 0 saturated carbocycles. The molecule has 14 nitrogen and oxygen atoms in total. The molecule has 236 valence electrons. The quantitative estimate of drug-likeness (QED) is 0.234. The second kappa shape index (κ2) is 14.1. The van der Waals surface area contributed by atoms with E-state index in [-0.39, 0.29) is 51.4 Å². The average Bonchev–Trinajstić information content (AvgIpc) is 2.90. The van der Waals surface area contributed by atoms with Gasteiger partial charge in [-0.2, -0.15) is 0 Å². The number of hydrogen-bond acceptors (Lipinski definition) is 12. The molecule has 0 aromatic carbocycles. The largest absolute Gasteiger partial charge is 0.480 e. The lowest BCUT2D eigenvalue weighted by Gasteiger charge is -2.43. The fourth-order valence-electron chi connectivity index (χ4n) is 6.87. The van der Waals surface area contributed by atoms with Crippen molar-refractivity contribution in [1.29, 1.82) is 0 Å². The van der Waals surface area contributed by atoms with Crippen molar-refractivity contribution < 1.29 is 48.5 Å². The number of cyclic esters (lactones) is 4. The number of carbonyl (C=O) groups is 6. The number of rotatable bonds is 12. The van der Waals surface area contributed by atoms with Crippen molar-refractivity contribution in [3.8, 4) is 0 Å². The van der Waals surface area contributed by atoms with E-state index in [0.717, 1.165) is 48.2 Å². The van der Waals surface area contributed by atoms with E-state index in [1.807, 2.05) is 23.6 Å². The van der Waals surface area contributed by atoms with E-state index < -0.39 is 35.8 Å². The summed E-state index contributed by atoms with van der Waals surface area (Å²) in [5.74, 6) is -4.63. The number of hydrogen-bond donors (Lipinski definition) is 2. The molecule has 2 atom stereocenters. The van der Waals surface area contributed by atoms with E-state index in [1.165, 1.54) is 0 Å². The van der Waals surface area contributed by atoms with Gasteiger partial charge < -0.3 is 29.5 Å². The summed E-state index contributed by atoms with van der Waals surface area (Å²) in [5.41, 5.74) is 3.52. The molecule has 2 unspecified atom stereocenters. The maximum Gasteiger partial charge on any atom is 0.333 e. The average molecular weight is 605 g/mol. The molecule has 2 aliphatic heterocycles. The summed E-state index contributed by atoms with van der Waals surface area (Å²) in [7, 11) is 0. The van der Waals surface area contributed by atoms with Crippen molar-refractivity contribution in [3.05, 3.63) is 22.5 Å². The third-order valence-corrected chi connectivity index (χ3v) is 8.43. The van der Waals surface area contributed by atoms with Crippen LogP contribution in [0, 0.1) is 0 Å². The molecule has 4 aliphatic rings. The third-order valence-electron chi connectivity index (χ3n) is 8.43. The minimum atomic E-state index is -1.02. The molecule has 0 spiro atoms. The number of carboxylic acid groups (broad SMARTS) is 2. The van der Waals surface area contributed by atoms with Gasteiger partial charge in [0, 0.05) is 24.5 Å². The van der Waals surface area contributed by atoms with Gasteiger partial charge in [0.25, 0.3) is 0 Å². The minimum Gasteiger partial charge on any atom is -0.480 e. The lowest BCUT2D eigenvalue weighted by Crippen LogP contribution is -2.52. The summed E-state index contributed by atoms with van der Waals surface area (Å²) < 4.78 is 9.40. The van der Waals surface area contributed by atoms with Gasteiger partial charge in [0.05, 0.1) is 25.2 Å². The minimum absolute atomic E-state index is 0.0924. The first-order chi connectivity index (χ1) is 20.4. The fourth-order valence-corrected chi connectivity index (χ4v) is 6.87. The van der Waals surface area contributed by atoms with Crippen molar-refractivity contribution in [2.75, 3.05) is 52.4 Å². The highest BCUT2D eigenvalue weighted by Crippen LogP contribution is 2.34. The highest BCUT2D eigenvalue weighted by atomic mass is 16.6. The van der Waals surface area contributed by atoms with E-state index in [4.69, 9.17) is 9.47 Å². The Balaban J connectivity index is 1.53. The highest BCUT2D eigenvalue weighted by Gasteiger charge is 2.38. The number of aliphatic carboxylic acids is 2. The van der Waals surface area contributed by atoms with E-state index in [0.29, 0.717) is 32.4 Å². The van der Waals surface area contributed by atoms with Gasteiger partial charge in [0.15, 0.2) is 0 Å². The Hall–Kier alpha value is -3.78. The number of esters is 4. The second-order valence-electron chi connectivity index (χ2n) is 11.6. The zero-order valence-corrected chi connectivity index (χ0v) is 24.7. The van der Waals surface area contributed by atoms with Gasteiger partial charge in [-0.25, -0.2) is 19.2 Å². The van der Waals surface area contributed by atoms with E-state index in [2.05, 4.69) is 0 Å². The molecule has 2 N–H and O–H groups in total. The molecule has 14 heteroatoms. The Morgan fingerprint density at radius 2 is 1.05 bits per heavy atom.